The van der Waals surface area contributed by atoms with E-state index in [0.717, 1.165) is 12.8 Å². The van der Waals surface area contributed by atoms with Crippen LogP contribution >= 0.6 is 0 Å². The maximum atomic E-state index is 2.67. The van der Waals surface area contributed by atoms with Crippen molar-refractivity contribution in [1.82, 2.24) is 0 Å². The fourth-order valence-corrected chi connectivity index (χ4v) is 19.9. The van der Waals surface area contributed by atoms with Gasteiger partial charge in [-0.3, -0.25) is 0 Å². The summed E-state index contributed by atoms with van der Waals surface area (Å²) in [7, 11) is 0. The quantitative estimate of drug-likeness (QED) is 0.161. The number of hydrogen-bond donors (Lipinski definition) is 0. The molecule has 2 atom stereocenters. The number of aryl methyl sites for hydroxylation is 2. The number of benzene rings is 4. The largest absolute Gasteiger partial charge is 1.00 e. The van der Waals surface area contributed by atoms with E-state index in [4.69, 9.17) is 0 Å². The minimum Gasteiger partial charge on any atom is -1.00 e. The maximum Gasteiger partial charge on any atom is -1.00 e. The van der Waals surface area contributed by atoms with E-state index in [1.165, 1.54) is 73.2 Å². The molecule has 0 saturated carbocycles. The second kappa shape index (κ2) is 14.9. The van der Waals surface area contributed by atoms with Gasteiger partial charge in [-0.15, -0.1) is 0 Å². The van der Waals surface area contributed by atoms with Crippen molar-refractivity contribution in [2.75, 3.05) is 0 Å². The molecule has 1 saturated heterocycles. The van der Waals surface area contributed by atoms with Crippen LogP contribution in [0.25, 0.3) is 34.4 Å². The third-order valence-corrected chi connectivity index (χ3v) is 21.4. The monoisotopic (exact) mass is 738 g/mol. The van der Waals surface area contributed by atoms with Crippen molar-refractivity contribution in [2.45, 2.75) is 105 Å². The summed E-state index contributed by atoms with van der Waals surface area (Å²) >= 11 is -2.68. The van der Waals surface area contributed by atoms with Gasteiger partial charge in [-0.2, -0.15) is 0 Å². The van der Waals surface area contributed by atoms with Crippen molar-refractivity contribution in [3.8, 4) is 22.3 Å². The van der Waals surface area contributed by atoms with Crippen LogP contribution in [0.5, 0.6) is 0 Å². The summed E-state index contributed by atoms with van der Waals surface area (Å²) in [6.45, 7) is 19.4. The number of fused-ring (bicyclic) bond motifs is 2. The van der Waals surface area contributed by atoms with E-state index in [1.54, 1.807) is 22.3 Å². The van der Waals surface area contributed by atoms with Gasteiger partial charge in [0.2, 0.25) is 0 Å². The molecule has 0 radical (unpaired) electrons. The summed E-state index contributed by atoms with van der Waals surface area (Å²) in [6.07, 6.45) is 11.4. The molecule has 1 aliphatic heterocycles. The first kappa shape index (κ1) is 38.9. The number of halogens is 2. The second-order valence-electron chi connectivity index (χ2n) is 17.2. The number of allylic oxidation sites excluding steroid dienone is 2. The minimum atomic E-state index is -2.68. The predicted octanol–water partition coefficient (Wildman–Crippen LogP) is 8.00. The minimum absolute atomic E-state index is 0. The number of hydrogen-bond acceptors (Lipinski definition) is 0. The summed E-state index contributed by atoms with van der Waals surface area (Å²) in [5.74, 6) is 0. The Bertz CT molecular complexity index is 1740. The molecule has 0 spiro atoms. The van der Waals surface area contributed by atoms with Crippen molar-refractivity contribution in [2.24, 2.45) is 10.8 Å². The van der Waals surface area contributed by atoms with Crippen molar-refractivity contribution in [3.63, 3.8) is 0 Å². The molecule has 4 aromatic rings. The Morgan fingerprint density at radius 2 is 0.920 bits per heavy atom. The van der Waals surface area contributed by atoms with Crippen LogP contribution in [0.15, 0.2) is 96.1 Å². The third-order valence-electron chi connectivity index (χ3n) is 11.9. The average Bonchev–Trinajstić information content (AvgIpc) is 3.63. The van der Waals surface area contributed by atoms with Gasteiger partial charge in [0.25, 0.3) is 0 Å². The van der Waals surface area contributed by atoms with E-state index in [2.05, 4.69) is 152 Å². The summed E-state index contributed by atoms with van der Waals surface area (Å²) in [5, 5.41) is 0. The number of rotatable bonds is 8. The smallest absolute Gasteiger partial charge is 1.00 e. The van der Waals surface area contributed by atoms with Crippen molar-refractivity contribution in [3.05, 3.63) is 129 Å². The topological polar surface area (TPSA) is 0 Å². The van der Waals surface area contributed by atoms with E-state index in [-0.39, 0.29) is 35.6 Å². The molecular formula is C47H56Cl2Ti. The van der Waals surface area contributed by atoms with Crippen LogP contribution in [0.2, 0.25) is 9.45 Å². The van der Waals surface area contributed by atoms with Crippen LogP contribution in [0, 0.1) is 10.8 Å². The van der Waals surface area contributed by atoms with E-state index >= 15 is 0 Å². The molecule has 0 N–H and O–H groups in total. The van der Waals surface area contributed by atoms with Crippen LogP contribution in [0.4, 0.5) is 0 Å². The molecule has 4 aromatic carbocycles. The Kier molecular flexibility index (Phi) is 11.6. The van der Waals surface area contributed by atoms with Crippen molar-refractivity contribution in [1.29, 1.82) is 0 Å². The predicted molar refractivity (Wildman–Crippen MR) is 206 cm³/mol. The zero-order valence-corrected chi connectivity index (χ0v) is 34.7. The van der Waals surface area contributed by atoms with Gasteiger partial charge in [-0.25, -0.2) is 0 Å². The van der Waals surface area contributed by atoms with Gasteiger partial charge in [0.1, 0.15) is 0 Å². The van der Waals surface area contributed by atoms with Crippen LogP contribution in [-0.4, -0.2) is 0 Å². The second-order valence-corrected chi connectivity index (χ2v) is 24.4. The van der Waals surface area contributed by atoms with Crippen LogP contribution in [0.3, 0.4) is 0 Å². The zero-order valence-electron chi connectivity index (χ0n) is 31.6. The van der Waals surface area contributed by atoms with Gasteiger partial charge in [-0.05, 0) is 0 Å². The van der Waals surface area contributed by atoms with E-state index in [0.29, 0.717) is 8.45 Å². The van der Waals surface area contributed by atoms with Gasteiger partial charge >= 0.3 is 297 Å². The fraction of sp³-hybridized carbons (Fsp3) is 0.404. The van der Waals surface area contributed by atoms with Crippen LogP contribution in [-0.2, 0) is 29.4 Å². The normalized spacial score (nSPS) is 18.3. The summed E-state index contributed by atoms with van der Waals surface area (Å²) in [5.41, 5.74) is 18.4. The summed E-state index contributed by atoms with van der Waals surface area (Å²) in [6, 6.07) is 33.5. The first-order valence-electron chi connectivity index (χ1n) is 18.8. The molecule has 0 amide bonds. The van der Waals surface area contributed by atoms with Gasteiger partial charge in [-0.1, -0.05) is 0 Å². The molecule has 1 heterocycles. The van der Waals surface area contributed by atoms with E-state index < -0.39 is 16.6 Å². The first-order chi connectivity index (χ1) is 23.0. The molecule has 1 fully saturated rings. The molecule has 2 unspecified atom stereocenters. The molecule has 0 bridgehead atoms. The Morgan fingerprint density at radius 1 is 0.540 bits per heavy atom. The Balaban J connectivity index is 0.00000243. The zero-order chi connectivity index (χ0) is 33.8. The standard InChI is InChI=1S/2C22H25.C3H6.2ClH.Ti/c2*1-5-7-16-10-12-17(13-11-16)20-9-6-8-18-14-19(15-21(18)20)22(2,3)4;1-3-2;;;/h2*6,8-15H,5,7H2,1-4H3;1-3H2;2*1H;/q;;;;;+2/p-2. The van der Waals surface area contributed by atoms with Crippen LogP contribution in [0.1, 0.15) is 116 Å². The van der Waals surface area contributed by atoms with Crippen molar-refractivity contribution >= 4 is 12.2 Å². The SMILES string of the molecule is CCCc1ccc(-c2cccc3c2C=C(C(C)(C)C)[CH]3[Ti+2]2([CH]3C(C(C)(C)C)=Cc4c(-c5ccc(CCC)cc5)cccc43)[CH2]C[CH2]2)cc1.[Cl-].[Cl-]. The first-order valence-corrected chi connectivity index (χ1v) is 22.9. The molecule has 7 rings (SSSR count). The molecule has 50 heavy (non-hydrogen) atoms. The van der Waals surface area contributed by atoms with Gasteiger partial charge in [0.15, 0.2) is 0 Å². The van der Waals surface area contributed by atoms with Crippen molar-refractivity contribution < 1.29 is 41.4 Å². The third kappa shape index (κ3) is 6.81. The average molecular weight is 740 g/mol. The molecule has 262 valence electrons. The molecular weight excluding hydrogens is 683 g/mol. The van der Waals surface area contributed by atoms with E-state index in [1.807, 2.05) is 0 Å². The van der Waals surface area contributed by atoms with Gasteiger partial charge in [0, 0.05) is 0 Å². The maximum absolute atomic E-state index is 2.68. The summed E-state index contributed by atoms with van der Waals surface area (Å²) < 4.78 is 4.10. The molecule has 0 nitrogen and oxygen atoms in total. The summed E-state index contributed by atoms with van der Waals surface area (Å²) in [4.78, 5) is 0. The Labute approximate surface area is 319 Å². The van der Waals surface area contributed by atoms with E-state index in [9.17, 15) is 0 Å². The molecule has 0 aromatic heterocycles. The molecule has 2 aliphatic carbocycles. The molecule has 3 aliphatic rings. The Morgan fingerprint density at radius 3 is 1.22 bits per heavy atom. The molecule has 3 heteroatoms. The Hall–Kier alpha value is -2.35. The van der Waals surface area contributed by atoms with Crippen LogP contribution < -0.4 is 24.8 Å². The fourth-order valence-electron chi connectivity index (χ4n) is 9.45. The van der Waals surface area contributed by atoms with Gasteiger partial charge in [0.05, 0.1) is 0 Å². The van der Waals surface area contributed by atoms with Gasteiger partial charge < -0.3 is 24.8 Å².